The third kappa shape index (κ3) is 1.50. The molecule has 0 saturated heterocycles. The van der Waals surface area contributed by atoms with Crippen molar-refractivity contribution in [1.29, 1.82) is 0 Å². The lowest BCUT2D eigenvalue weighted by molar-refractivity contribution is -0.138. The molecule has 2 atom stereocenters. The molecule has 14 heavy (non-hydrogen) atoms. The molecule has 1 aliphatic carbocycles. The number of aliphatic carboxylic acids is 1. The minimum absolute atomic E-state index is 0.0896. The van der Waals surface area contributed by atoms with Gasteiger partial charge in [0.15, 0.2) is 0 Å². The first-order chi connectivity index (χ1) is 6.59. The van der Waals surface area contributed by atoms with E-state index in [1.54, 1.807) is 19.1 Å². The van der Waals surface area contributed by atoms with Crippen LogP contribution in [-0.2, 0) is 4.79 Å². The van der Waals surface area contributed by atoms with Gasteiger partial charge in [-0.2, -0.15) is 0 Å². The number of aryl methyl sites for hydroxylation is 1. The zero-order valence-electron chi connectivity index (χ0n) is 7.83. The minimum Gasteiger partial charge on any atom is -0.481 e. The summed E-state index contributed by atoms with van der Waals surface area (Å²) in [6, 6.07) is 4.82. The maximum atomic E-state index is 12.9. The molecule has 0 amide bonds. The predicted molar refractivity (Wildman–Crippen MR) is 49.6 cm³/mol. The van der Waals surface area contributed by atoms with Crippen molar-refractivity contribution in [2.45, 2.75) is 19.3 Å². The predicted octanol–water partition coefficient (Wildman–Crippen LogP) is 2.32. The summed E-state index contributed by atoms with van der Waals surface area (Å²) in [5, 5.41) is 8.73. The van der Waals surface area contributed by atoms with E-state index in [2.05, 4.69) is 0 Å². The van der Waals surface area contributed by atoms with Gasteiger partial charge in [-0.05, 0) is 36.5 Å². The second-order valence-electron chi connectivity index (χ2n) is 3.80. The van der Waals surface area contributed by atoms with Crippen molar-refractivity contribution in [3.05, 3.63) is 35.1 Å². The third-order valence-corrected chi connectivity index (χ3v) is 2.72. The molecular weight excluding hydrogens is 183 g/mol. The van der Waals surface area contributed by atoms with Gasteiger partial charge in [0.1, 0.15) is 5.82 Å². The van der Waals surface area contributed by atoms with Crippen molar-refractivity contribution >= 4 is 5.97 Å². The molecule has 0 bridgehead atoms. The van der Waals surface area contributed by atoms with Gasteiger partial charge in [-0.25, -0.2) is 4.39 Å². The Labute approximate surface area is 81.4 Å². The maximum absolute atomic E-state index is 12.9. The van der Waals surface area contributed by atoms with E-state index in [1.807, 2.05) is 0 Å². The fraction of sp³-hybridized carbons (Fsp3) is 0.364. The van der Waals surface area contributed by atoms with Crippen LogP contribution in [0.4, 0.5) is 4.39 Å². The Hall–Kier alpha value is -1.38. The first-order valence-corrected chi connectivity index (χ1v) is 4.58. The molecule has 1 aromatic rings. The van der Waals surface area contributed by atoms with Gasteiger partial charge >= 0.3 is 5.97 Å². The summed E-state index contributed by atoms with van der Waals surface area (Å²) < 4.78 is 12.9. The summed E-state index contributed by atoms with van der Waals surface area (Å²) in [5.74, 6) is -1.16. The number of benzene rings is 1. The van der Waals surface area contributed by atoms with E-state index >= 15 is 0 Å². The standard InChI is InChI=1S/C11H11FO2/c1-6-4-7(2-3-10(6)12)8-5-9(8)11(13)14/h2-4,8-9H,5H2,1H3,(H,13,14)/t8-,9+/m0/s1. The van der Waals surface area contributed by atoms with E-state index in [4.69, 9.17) is 5.11 Å². The number of rotatable bonds is 2. The van der Waals surface area contributed by atoms with Crippen molar-refractivity contribution in [2.75, 3.05) is 0 Å². The second-order valence-corrected chi connectivity index (χ2v) is 3.80. The van der Waals surface area contributed by atoms with E-state index in [9.17, 15) is 9.18 Å². The Kier molecular flexibility index (Phi) is 2.02. The zero-order chi connectivity index (χ0) is 10.3. The van der Waals surface area contributed by atoms with Crippen molar-refractivity contribution < 1.29 is 14.3 Å². The highest BCUT2D eigenvalue weighted by Crippen LogP contribution is 2.47. The molecule has 0 heterocycles. The van der Waals surface area contributed by atoms with Gasteiger partial charge in [-0.3, -0.25) is 4.79 Å². The summed E-state index contributed by atoms with van der Waals surface area (Å²) in [4.78, 5) is 10.6. The summed E-state index contributed by atoms with van der Waals surface area (Å²) in [5.41, 5.74) is 1.52. The highest BCUT2D eigenvalue weighted by molar-refractivity contribution is 5.75. The van der Waals surface area contributed by atoms with Crippen molar-refractivity contribution in [2.24, 2.45) is 5.92 Å². The second kappa shape index (κ2) is 3.08. The Bertz CT molecular complexity index is 387. The molecule has 1 aromatic carbocycles. The average molecular weight is 194 g/mol. The van der Waals surface area contributed by atoms with E-state index in [-0.39, 0.29) is 17.7 Å². The van der Waals surface area contributed by atoms with Crippen LogP contribution in [0.5, 0.6) is 0 Å². The van der Waals surface area contributed by atoms with Gasteiger partial charge in [0.05, 0.1) is 5.92 Å². The molecule has 1 aliphatic rings. The van der Waals surface area contributed by atoms with E-state index in [1.165, 1.54) is 6.07 Å². The topological polar surface area (TPSA) is 37.3 Å². The van der Waals surface area contributed by atoms with Crippen LogP contribution in [0.15, 0.2) is 18.2 Å². The van der Waals surface area contributed by atoms with Crippen LogP contribution >= 0.6 is 0 Å². The van der Waals surface area contributed by atoms with Gasteiger partial charge < -0.3 is 5.11 Å². The van der Waals surface area contributed by atoms with Gasteiger partial charge in [0.2, 0.25) is 0 Å². The molecule has 1 N–H and O–H groups in total. The third-order valence-electron chi connectivity index (χ3n) is 2.72. The monoisotopic (exact) mass is 194 g/mol. The number of carboxylic acids is 1. The minimum atomic E-state index is -0.753. The zero-order valence-corrected chi connectivity index (χ0v) is 7.83. The van der Waals surface area contributed by atoms with Crippen molar-refractivity contribution in [3.8, 4) is 0 Å². The Morgan fingerprint density at radius 2 is 2.29 bits per heavy atom. The number of hydrogen-bond donors (Lipinski definition) is 1. The molecule has 2 rings (SSSR count). The molecule has 0 aromatic heterocycles. The lowest BCUT2D eigenvalue weighted by Gasteiger charge is -2.01. The molecule has 1 fully saturated rings. The van der Waals surface area contributed by atoms with Crippen molar-refractivity contribution in [3.63, 3.8) is 0 Å². The molecule has 2 nitrogen and oxygen atoms in total. The quantitative estimate of drug-likeness (QED) is 0.784. The first-order valence-electron chi connectivity index (χ1n) is 4.58. The van der Waals surface area contributed by atoms with Crippen LogP contribution in [0.1, 0.15) is 23.5 Å². The lowest BCUT2D eigenvalue weighted by Crippen LogP contribution is -1.99. The number of carbonyl (C=O) groups is 1. The van der Waals surface area contributed by atoms with Gasteiger partial charge in [0.25, 0.3) is 0 Å². The van der Waals surface area contributed by atoms with Crippen LogP contribution in [0.2, 0.25) is 0 Å². The number of hydrogen-bond acceptors (Lipinski definition) is 1. The maximum Gasteiger partial charge on any atom is 0.307 e. The smallest absolute Gasteiger partial charge is 0.307 e. The number of carboxylic acid groups (broad SMARTS) is 1. The molecule has 3 heteroatoms. The molecule has 0 aliphatic heterocycles. The van der Waals surface area contributed by atoms with Crippen LogP contribution in [0.25, 0.3) is 0 Å². The Morgan fingerprint density at radius 1 is 1.57 bits per heavy atom. The Morgan fingerprint density at radius 3 is 2.79 bits per heavy atom. The summed E-state index contributed by atoms with van der Waals surface area (Å²) in [7, 11) is 0. The van der Waals surface area contributed by atoms with Crippen LogP contribution in [0.3, 0.4) is 0 Å². The van der Waals surface area contributed by atoms with Crippen LogP contribution in [-0.4, -0.2) is 11.1 Å². The van der Waals surface area contributed by atoms with E-state index in [0.717, 1.165) is 5.56 Å². The molecular formula is C11H11FO2. The highest BCUT2D eigenvalue weighted by Gasteiger charge is 2.44. The average Bonchev–Trinajstić information content (AvgIpc) is 2.89. The summed E-state index contributed by atoms with van der Waals surface area (Å²) in [6.45, 7) is 1.69. The Balaban J connectivity index is 2.20. The molecule has 74 valence electrons. The number of halogens is 1. The van der Waals surface area contributed by atoms with Gasteiger partial charge in [-0.15, -0.1) is 0 Å². The van der Waals surface area contributed by atoms with Gasteiger partial charge in [0, 0.05) is 0 Å². The largest absolute Gasteiger partial charge is 0.481 e. The van der Waals surface area contributed by atoms with E-state index < -0.39 is 5.97 Å². The first kappa shape index (κ1) is 9.19. The molecule has 1 saturated carbocycles. The fourth-order valence-corrected chi connectivity index (χ4v) is 1.73. The summed E-state index contributed by atoms with van der Waals surface area (Å²) in [6.07, 6.45) is 0.681. The molecule has 0 unspecified atom stereocenters. The van der Waals surface area contributed by atoms with Crippen molar-refractivity contribution in [1.82, 2.24) is 0 Å². The fourth-order valence-electron chi connectivity index (χ4n) is 1.73. The van der Waals surface area contributed by atoms with Gasteiger partial charge in [-0.1, -0.05) is 12.1 Å². The molecule has 0 spiro atoms. The lowest BCUT2D eigenvalue weighted by atomic mass is 10.1. The normalized spacial score (nSPS) is 24.7. The van der Waals surface area contributed by atoms with E-state index in [0.29, 0.717) is 12.0 Å². The highest BCUT2D eigenvalue weighted by atomic mass is 19.1. The molecule has 0 radical (unpaired) electrons. The van der Waals surface area contributed by atoms with Crippen LogP contribution < -0.4 is 0 Å². The van der Waals surface area contributed by atoms with Crippen LogP contribution in [0, 0.1) is 18.7 Å². The SMILES string of the molecule is Cc1cc([C@@H]2C[C@H]2C(=O)O)ccc1F. The summed E-state index contributed by atoms with van der Waals surface area (Å²) >= 11 is 0.